The van der Waals surface area contributed by atoms with E-state index in [0.29, 0.717) is 6.61 Å². The van der Waals surface area contributed by atoms with E-state index in [1.54, 1.807) is 11.8 Å². The minimum atomic E-state index is 0.223. The van der Waals surface area contributed by atoms with Crippen molar-refractivity contribution in [3.8, 4) is 5.75 Å². The van der Waals surface area contributed by atoms with E-state index in [1.807, 2.05) is 30.3 Å². The molecule has 0 aromatic heterocycles. The van der Waals surface area contributed by atoms with E-state index in [9.17, 15) is 0 Å². The van der Waals surface area contributed by atoms with Gasteiger partial charge in [0.05, 0.1) is 0 Å². The fourth-order valence-electron chi connectivity index (χ4n) is 1.85. The molecule has 2 nitrogen and oxygen atoms in total. The van der Waals surface area contributed by atoms with Gasteiger partial charge in [-0.15, -0.1) is 11.8 Å². The molecule has 3 rings (SSSR count). The van der Waals surface area contributed by atoms with E-state index >= 15 is 0 Å². The second kappa shape index (κ2) is 7.59. The first-order valence-electron chi connectivity index (χ1n) is 6.78. The molecule has 0 fully saturated rings. The van der Waals surface area contributed by atoms with E-state index in [-0.39, 0.29) is 6.10 Å². The Bertz CT molecular complexity index is 581. The van der Waals surface area contributed by atoms with Crippen LogP contribution in [-0.2, 0) is 10.8 Å². The molecule has 0 saturated heterocycles. The van der Waals surface area contributed by atoms with Gasteiger partial charge in [-0.2, -0.15) is 0 Å². The van der Waals surface area contributed by atoms with Crippen molar-refractivity contribution < 1.29 is 8.92 Å². The molecule has 2 aromatic carbocycles. The predicted molar refractivity (Wildman–Crippen MR) is 89.5 cm³/mol. The number of ether oxygens (including phenoxy) is 1. The molecule has 1 aliphatic rings. The molecule has 0 saturated carbocycles. The summed E-state index contributed by atoms with van der Waals surface area (Å²) in [7, 11) is 0. The van der Waals surface area contributed by atoms with Gasteiger partial charge in [0, 0.05) is 22.7 Å². The first-order chi connectivity index (χ1) is 10.4. The van der Waals surface area contributed by atoms with E-state index in [2.05, 4.69) is 35.7 Å². The van der Waals surface area contributed by atoms with E-state index in [0.717, 1.165) is 22.0 Å². The van der Waals surface area contributed by atoms with Crippen molar-refractivity contribution in [2.75, 3.05) is 5.75 Å². The molecule has 1 atom stereocenters. The van der Waals surface area contributed by atoms with Gasteiger partial charge in [0.1, 0.15) is 18.5 Å². The summed E-state index contributed by atoms with van der Waals surface area (Å²) in [5.74, 6) is 1.90. The van der Waals surface area contributed by atoms with Crippen LogP contribution in [0.2, 0.25) is 0 Å². The van der Waals surface area contributed by atoms with Gasteiger partial charge in [0.2, 0.25) is 0 Å². The van der Waals surface area contributed by atoms with E-state index < -0.39 is 0 Å². The Balaban J connectivity index is 1.48. The van der Waals surface area contributed by atoms with E-state index in [1.165, 1.54) is 12.0 Å². The van der Waals surface area contributed by atoms with Crippen molar-refractivity contribution in [3.05, 3.63) is 71.6 Å². The van der Waals surface area contributed by atoms with Crippen molar-refractivity contribution in [2.45, 2.75) is 17.6 Å². The van der Waals surface area contributed by atoms with Crippen molar-refractivity contribution in [2.24, 2.45) is 0 Å². The molecule has 2 aromatic rings. The maximum atomic E-state index is 5.74. The van der Waals surface area contributed by atoms with Gasteiger partial charge in [0.15, 0.2) is 0 Å². The minimum absolute atomic E-state index is 0.223. The van der Waals surface area contributed by atoms with Crippen LogP contribution >= 0.6 is 23.8 Å². The topological polar surface area (TPSA) is 18.5 Å². The van der Waals surface area contributed by atoms with Gasteiger partial charge in [-0.1, -0.05) is 30.3 Å². The summed E-state index contributed by atoms with van der Waals surface area (Å²) < 4.78 is 11.5. The zero-order chi connectivity index (χ0) is 14.3. The second-order valence-corrected chi connectivity index (χ2v) is 6.39. The van der Waals surface area contributed by atoms with Crippen molar-refractivity contribution in [1.29, 1.82) is 0 Å². The largest absolute Gasteiger partial charge is 0.489 e. The number of rotatable bonds is 6. The Hall–Kier alpha value is -1.36. The molecule has 1 unspecified atom stereocenters. The Labute approximate surface area is 133 Å². The number of hydrogen-bond donors (Lipinski definition) is 0. The molecular weight excluding hydrogens is 300 g/mol. The van der Waals surface area contributed by atoms with Crippen molar-refractivity contribution in [3.63, 3.8) is 0 Å². The summed E-state index contributed by atoms with van der Waals surface area (Å²) in [6, 6.07) is 18.2. The second-order valence-electron chi connectivity index (χ2n) is 4.63. The van der Waals surface area contributed by atoms with E-state index in [4.69, 9.17) is 8.92 Å². The molecule has 0 radical (unpaired) electrons. The van der Waals surface area contributed by atoms with Crippen molar-refractivity contribution in [1.82, 2.24) is 0 Å². The fourth-order valence-corrected chi connectivity index (χ4v) is 3.32. The molecule has 108 valence electrons. The zero-order valence-electron chi connectivity index (χ0n) is 11.5. The number of benzene rings is 2. The standard InChI is InChI=1S/C17H16O2S2/c1-2-4-15(5-3-1)18-12-14-6-8-17(9-7-14)21-19-16-10-11-20-13-16/h1-11,16H,12-13H2. The zero-order valence-corrected chi connectivity index (χ0v) is 13.1. The molecule has 0 bridgehead atoms. The van der Waals surface area contributed by atoms with Crippen LogP contribution in [0.5, 0.6) is 5.75 Å². The lowest BCUT2D eigenvalue weighted by molar-refractivity contribution is 0.306. The van der Waals surface area contributed by atoms with Crippen LogP contribution < -0.4 is 4.74 Å². The highest BCUT2D eigenvalue weighted by atomic mass is 32.2. The van der Waals surface area contributed by atoms with Gasteiger partial charge >= 0.3 is 0 Å². The molecule has 0 amide bonds. The molecule has 1 heterocycles. The van der Waals surface area contributed by atoms with Crippen LogP contribution in [0.25, 0.3) is 0 Å². The van der Waals surface area contributed by atoms with Crippen LogP contribution in [0.1, 0.15) is 5.56 Å². The quantitative estimate of drug-likeness (QED) is 0.704. The maximum absolute atomic E-state index is 5.74. The summed E-state index contributed by atoms with van der Waals surface area (Å²) >= 11 is 3.22. The summed E-state index contributed by atoms with van der Waals surface area (Å²) in [6.45, 7) is 0.581. The molecule has 0 N–H and O–H groups in total. The Morgan fingerprint density at radius 3 is 2.57 bits per heavy atom. The van der Waals surface area contributed by atoms with Gasteiger partial charge in [-0.05, 0) is 41.3 Å². The molecule has 0 aliphatic carbocycles. The molecule has 0 spiro atoms. The lowest BCUT2D eigenvalue weighted by Crippen LogP contribution is -2.03. The molecule has 4 heteroatoms. The average Bonchev–Trinajstić information content (AvgIpc) is 3.06. The lowest BCUT2D eigenvalue weighted by Gasteiger charge is -2.09. The highest BCUT2D eigenvalue weighted by Gasteiger charge is 2.10. The maximum Gasteiger partial charge on any atom is 0.119 e. The number of thioether (sulfide) groups is 1. The Kier molecular flexibility index (Phi) is 5.27. The number of para-hydroxylation sites is 1. The van der Waals surface area contributed by atoms with Crippen LogP contribution in [0.15, 0.2) is 71.0 Å². The minimum Gasteiger partial charge on any atom is -0.489 e. The average molecular weight is 316 g/mol. The van der Waals surface area contributed by atoms with Crippen LogP contribution in [-0.4, -0.2) is 11.9 Å². The fraction of sp³-hybridized carbons (Fsp3) is 0.176. The van der Waals surface area contributed by atoms with Gasteiger partial charge in [0.25, 0.3) is 0 Å². The smallest absolute Gasteiger partial charge is 0.119 e. The molecule has 1 aliphatic heterocycles. The first kappa shape index (κ1) is 14.6. The summed E-state index contributed by atoms with van der Waals surface area (Å²) in [4.78, 5) is 1.11. The summed E-state index contributed by atoms with van der Waals surface area (Å²) in [6.07, 6.45) is 2.32. The Morgan fingerprint density at radius 1 is 1.05 bits per heavy atom. The van der Waals surface area contributed by atoms with Crippen molar-refractivity contribution >= 4 is 23.8 Å². The third kappa shape index (κ3) is 4.56. The van der Waals surface area contributed by atoms with Crippen LogP contribution in [0.3, 0.4) is 0 Å². The third-order valence-electron chi connectivity index (χ3n) is 2.99. The SMILES string of the molecule is C1=CC(OSc2ccc(COc3ccccc3)cc2)CS1. The molecule has 21 heavy (non-hydrogen) atoms. The summed E-state index contributed by atoms with van der Waals surface area (Å²) in [5.41, 5.74) is 1.15. The Morgan fingerprint density at radius 2 is 1.86 bits per heavy atom. The van der Waals surface area contributed by atoms with Gasteiger partial charge < -0.3 is 8.92 Å². The highest BCUT2D eigenvalue weighted by molar-refractivity contribution is 8.02. The number of hydrogen-bond acceptors (Lipinski definition) is 4. The molecular formula is C17H16O2S2. The highest BCUT2D eigenvalue weighted by Crippen LogP contribution is 2.26. The van der Waals surface area contributed by atoms with Crippen LogP contribution in [0.4, 0.5) is 0 Å². The monoisotopic (exact) mass is 316 g/mol. The first-order valence-corrected chi connectivity index (χ1v) is 8.57. The van der Waals surface area contributed by atoms with Crippen LogP contribution in [0, 0.1) is 0 Å². The normalized spacial score (nSPS) is 17.0. The predicted octanol–water partition coefficient (Wildman–Crippen LogP) is 4.92. The summed E-state index contributed by atoms with van der Waals surface area (Å²) in [5, 5.41) is 2.09. The van der Waals surface area contributed by atoms with Gasteiger partial charge in [-0.25, -0.2) is 0 Å². The van der Waals surface area contributed by atoms with Gasteiger partial charge in [-0.3, -0.25) is 0 Å². The third-order valence-corrected chi connectivity index (χ3v) is 4.67. The lowest BCUT2D eigenvalue weighted by atomic mass is 10.2.